The lowest BCUT2D eigenvalue weighted by molar-refractivity contribution is -0.888. The molecule has 1 aromatic carbocycles. The molecule has 1 amide bonds. The number of carbonyl (C=O) groups excluding carboxylic acids is 1. The third-order valence-electron chi connectivity index (χ3n) is 2.91. The molecule has 2 rings (SSSR count). The minimum Gasteiger partial charge on any atom is -0.326 e. The molecule has 6 heteroatoms. The number of benzene rings is 1. The molecule has 1 saturated heterocycles. The monoisotopic (exact) mass is 282 g/mol. The lowest BCUT2D eigenvalue weighted by Gasteiger charge is -2.21. The number of hydrazone groups is 1. The molecule has 2 N–H and O–H groups in total. The summed E-state index contributed by atoms with van der Waals surface area (Å²) in [5.74, 6) is 1.72. The number of nitrogens with one attached hydrogen (secondary N) is 2. The van der Waals surface area contributed by atoms with Gasteiger partial charge in [0.25, 0.3) is 5.91 Å². The first-order valence-corrected chi connectivity index (χ1v) is 7.39. The number of thioether (sulfide) groups is 1. The third kappa shape index (κ3) is 4.65. The maximum Gasteiger partial charge on any atom is 0.295 e. The quantitative estimate of drug-likeness (QED) is 0.599. The molecule has 0 radical (unpaired) electrons. The van der Waals surface area contributed by atoms with Gasteiger partial charge in [0, 0.05) is 17.1 Å². The van der Waals surface area contributed by atoms with Gasteiger partial charge in [0.2, 0.25) is 0 Å². The van der Waals surface area contributed by atoms with E-state index < -0.39 is 0 Å². The minimum atomic E-state index is -0.348. The molecule has 1 fully saturated rings. The first-order chi connectivity index (χ1) is 9.25. The van der Waals surface area contributed by atoms with Gasteiger partial charge in [-0.2, -0.15) is 16.9 Å². The van der Waals surface area contributed by atoms with Crippen molar-refractivity contribution in [3.8, 4) is 0 Å². The van der Waals surface area contributed by atoms with E-state index in [4.69, 9.17) is 0 Å². The molecule has 0 bridgehead atoms. The third-order valence-corrected chi connectivity index (χ3v) is 3.89. The standard InChI is InChI=1S/C13H16FN3OS/c14-12-4-2-1-3-11(12)9-15-16-13(18)10-17-5-7-19-8-6-17/h1-4,9H,5-8,10H2,(H,16,18)/p+1/b15-9-. The molecule has 4 nitrogen and oxygen atoms in total. The molecular formula is C13H17FN3OS+. The zero-order valence-corrected chi connectivity index (χ0v) is 11.4. The van der Waals surface area contributed by atoms with E-state index in [-0.39, 0.29) is 11.7 Å². The number of rotatable bonds is 4. The lowest BCUT2D eigenvalue weighted by Crippen LogP contribution is -3.14. The van der Waals surface area contributed by atoms with Gasteiger partial charge in [-0.15, -0.1) is 0 Å². The summed E-state index contributed by atoms with van der Waals surface area (Å²) in [5, 5.41) is 3.78. The number of halogens is 1. The molecule has 1 aromatic rings. The summed E-state index contributed by atoms with van der Waals surface area (Å²) in [4.78, 5) is 12.9. The fraction of sp³-hybridized carbons (Fsp3) is 0.385. The van der Waals surface area contributed by atoms with Gasteiger partial charge in [0.05, 0.1) is 19.3 Å². The van der Waals surface area contributed by atoms with Crippen LogP contribution < -0.4 is 10.3 Å². The van der Waals surface area contributed by atoms with E-state index >= 15 is 0 Å². The Hall–Kier alpha value is -1.40. The fourth-order valence-corrected chi connectivity index (χ4v) is 2.93. The van der Waals surface area contributed by atoms with E-state index in [2.05, 4.69) is 10.5 Å². The Balaban J connectivity index is 1.78. The Labute approximate surface area is 116 Å². The molecular weight excluding hydrogens is 265 g/mol. The van der Waals surface area contributed by atoms with Crippen molar-refractivity contribution in [3.05, 3.63) is 35.6 Å². The number of amides is 1. The van der Waals surface area contributed by atoms with Crippen LogP contribution in [0.15, 0.2) is 29.4 Å². The Bertz CT molecular complexity index is 461. The maximum atomic E-state index is 13.3. The summed E-state index contributed by atoms with van der Waals surface area (Å²) in [5.41, 5.74) is 2.81. The van der Waals surface area contributed by atoms with Crippen molar-refractivity contribution >= 4 is 23.9 Å². The summed E-state index contributed by atoms with van der Waals surface area (Å²) in [7, 11) is 0. The van der Waals surface area contributed by atoms with Crippen molar-refractivity contribution in [1.29, 1.82) is 0 Å². The lowest BCUT2D eigenvalue weighted by atomic mass is 10.2. The second-order valence-electron chi connectivity index (χ2n) is 4.35. The van der Waals surface area contributed by atoms with Gasteiger partial charge in [-0.3, -0.25) is 4.79 Å². The second kappa shape index (κ2) is 7.25. The molecule has 102 valence electrons. The predicted octanol–water partition coefficient (Wildman–Crippen LogP) is -0.0925. The highest BCUT2D eigenvalue weighted by Gasteiger charge is 2.16. The van der Waals surface area contributed by atoms with E-state index in [1.807, 2.05) is 11.8 Å². The number of nitrogens with zero attached hydrogens (tertiary/aromatic N) is 1. The first kappa shape index (κ1) is 14.0. The van der Waals surface area contributed by atoms with Crippen LogP contribution >= 0.6 is 11.8 Å². The summed E-state index contributed by atoms with van der Waals surface area (Å²) in [6.45, 7) is 2.44. The van der Waals surface area contributed by atoms with Crippen LogP contribution in [-0.2, 0) is 4.79 Å². The van der Waals surface area contributed by atoms with Gasteiger partial charge < -0.3 is 4.90 Å². The topological polar surface area (TPSA) is 45.9 Å². The summed E-state index contributed by atoms with van der Waals surface area (Å²) in [6.07, 6.45) is 1.33. The van der Waals surface area contributed by atoms with Crippen molar-refractivity contribution < 1.29 is 14.1 Å². The van der Waals surface area contributed by atoms with E-state index in [1.54, 1.807) is 18.2 Å². The van der Waals surface area contributed by atoms with Crippen molar-refractivity contribution in [3.63, 3.8) is 0 Å². The Kier molecular flexibility index (Phi) is 5.35. The van der Waals surface area contributed by atoms with Crippen LogP contribution in [0.5, 0.6) is 0 Å². The van der Waals surface area contributed by atoms with Crippen LogP contribution in [0.25, 0.3) is 0 Å². The summed E-state index contributed by atoms with van der Waals surface area (Å²) < 4.78 is 13.3. The van der Waals surface area contributed by atoms with E-state index in [9.17, 15) is 9.18 Å². The molecule has 1 aliphatic rings. The highest BCUT2D eigenvalue weighted by atomic mass is 32.2. The van der Waals surface area contributed by atoms with Gasteiger partial charge in [0.1, 0.15) is 5.82 Å². The van der Waals surface area contributed by atoms with E-state index in [1.165, 1.54) is 17.2 Å². The fourth-order valence-electron chi connectivity index (χ4n) is 1.86. The van der Waals surface area contributed by atoms with Crippen LogP contribution in [0, 0.1) is 5.82 Å². The number of hydrogen-bond acceptors (Lipinski definition) is 3. The zero-order valence-electron chi connectivity index (χ0n) is 10.6. The van der Waals surface area contributed by atoms with Crippen LogP contribution in [0.3, 0.4) is 0 Å². The first-order valence-electron chi connectivity index (χ1n) is 6.23. The Morgan fingerprint density at radius 1 is 1.42 bits per heavy atom. The summed E-state index contributed by atoms with van der Waals surface area (Å²) >= 11 is 1.92. The van der Waals surface area contributed by atoms with Gasteiger partial charge in [-0.25, -0.2) is 9.82 Å². The Morgan fingerprint density at radius 2 is 2.16 bits per heavy atom. The number of hydrogen-bond donors (Lipinski definition) is 2. The van der Waals surface area contributed by atoms with Crippen LogP contribution in [0.4, 0.5) is 4.39 Å². The molecule has 0 atom stereocenters. The van der Waals surface area contributed by atoms with Crippen LogP contribution in [-0.4, -0.2) is 43.3 Å². The number of carbonyl (C=O) groups is 1. The highest BCUT2D eigenvalue weighted by molar-refractivity contribution is 7.99. The maximum absolute atomic E-state index is 13.3. The zero-order chi connectivity index (χ0) is 13.5. The minimum absolute atomic E-state index is 0.130. The Morgan fingerprint density at radius 3 is 2.89 bits per heavy atom. The van der Waals surface area contributed by atoms with Crippen LogP contribution in [0.2, 0.25) is 0 Å². The molecule has 1 heterocycles. The van der Waals surface area contributed by atoms with Gasteiger partial charge in [-0.05, 0) is 6.07 Å². The van der Waals surface area contributed by atoms with Crippen molar-refractivity contribution in [2.45, 2.75) is 0 Å². The van der Waals surface area contributed by atoms with Crippen molar-refractivity contribution in [2.75, 3.05) is 31.1 Å². The van der Waals surface area contributed by atoms with Crippen LogP contribution in [0.1, 0.15) is 5.56 Å². The summed E-state index contributed by atoms with van der Waals surface area (Å²) in [6, 6.07) is 6.31. The molecule has 0 aromatic heterocycles. The number of quaternary nitrogens is 1. The van der Waals surface area contributed by atoms with Crippen molar-refractivity contribution in [2.24, 2.45) is 5.10 Å². The molecule has 0 spiro atoms. The predicted molar refractivity (Wildman–Crippen MR) is 75.0 cm³/mol. The smallest absolute Gasteiger partial charge is 0.295 e. The average Bonchev–Trinajstić information content (AvgIpc) is 2.42. The van der Waals surface area contributed by atoms with Crippen molar-refractivity contribution in [1.82, 2.24) is 5.43 Å². The van der Waals surface area contributed by atoms with E-state index in [0.29, 0.717) is 12.1 Å². The molecule has 19 heavy (non-hydrogen) atoms. The highest BCUT2D eigenvalue weighted by Crippen LogP contribution is 2.02. The molecule has 0 aliphatic carbocycles. The SMILES string of the molecule is O=C(C[NH+]1CCSCC1)N/N=C\c1ccccc1F. The largest absolute Gasteiger partial charge is 0.326 e. The van der Waals surface area contributed by atoms with Gasteiger partial charge in [-0.1, -0.05) is 18.2 Å². The average molecular weight is 282 g/mol. The second-order valence-corrected chi connectivity index (χ2v) is 5.58. The molecule has 1 aliphatic heterocycles. The van der Waals surface area contributed by atoms with Gasteiger partial charge in [0.15, 0.2) is 6.54 Å². The normalized spacial score (nSPS) is 16.7. The molecule has 0 unspecified atom stereocenters. The molecule has 0 saturated carbocycles. The van der Waals surface area contributed by atoms with E-state index in [0.717, 1.165) is 24.6 Å². The van der Waals surface area contributed by atoms with Gasteiger partial charge >= 0.3 is 0 Å².